The fourth-order valence-corrected chi connectivity index (χ4v) is 4.42. The van der Waals surface area contributed by atoms with Crippen molar-refractivity contribution in [3.63, 3.8) is 0 Å². The van der Waals surface area contributed by atoms with Gasteiger partial charge in [0.25, 0.3) is 10.0 Å². The first-order chi connectivity index (χ1) is 14.4. The summed E-state index contributed by atoms with van der Waals surface area (Å²) >= 11 is 5.69. The number of sulfonamides is 1. The van der Waals surface area contributed by atoms with E-state index in [1.807, 2.05) is 0 Å². The fourth-order valence-electron chi connectivity index (χ4n) is 2.98. The molecule has 3 aromatic rings. The van der Waals surface area contributed by atoms with Crippen molar-refractivity contribution < 1.29 is 31.5 Å². The summed E-state index contributed by atoms with van der Waals surface area (Å²) < 4.78 is 66.9. The molecule has 0 saturated carbocycles. The topological polar surface area (TPSA) is 83.5 Å². The van der Waals surface area contributed by atoms with E-state index in [1.165, 1.54) is 12.1 Å². The Morgan fingerprint density at radius 1 is 1.03 bits per heavy atom. The molecule has 0 aliphatic heterocycles. The SMILES string of the molecule is Cc1cc(C(=O)O)c(NS(=O)(=O)c2cc(Cl)cc(C(F)(F)F)c2)cc1-c1ccccc1. The molecule has 0 saturated heterocycles. The molecule has 0 unspecified atom stereocenters. The first-order valence-electron chi connectivity index (χ1n) is 8.72. The molecule has 0 aromatic heterocycles. The monoisotopic (exact) mass is 469 g/mol. The average molecular weight is 470 g/mol. The molecule has 0 bridgehead atoms. The van der Waals surface area contributed by atoms with E-state index in [9.17, 15) is 31.5 Å². The zero-order valence-corrected chi connectivity index (χ0v) is 17.4. The van der Waals surface area contributed by atoms with Gasteiger partial charge in [-0.3, -0.25) is 4.72 Å². The third-order valence-corrected chi connectivity index (χ3v) is 6.00. The van der Waals surface area contributed by atoms with E-state index in [0.29, 0.717) is 28.8 Å². The molecule has 0 heterocycles. The Balaban J connectivity index is 2.13. The minimum Gasteiger partial charge on any atom is -0.478 e. The Bertz CT molecular complexity index is 1260. The van der Waals surface area contributed by atoms with E-state index in [4.69, 9.17) is 11.6 Å². The van der Waals surface area contributed by atoms with Gasteiger partial charge in [0.1, 0.15) is 0 Å². The van der Waals surface area contributed by atoms with E-state index in [0.717, 1.165) is 6.07 Å². The van der Waals surface area contributed by atoms with Crippen LogP contribution in [0.2, 0.25) is 5.02 Å². The third-order valence-electron chi connectivity index (χ3n) is 4.43. The molecule has 0 spiro atoms. The lowest BCUT2D eigenvalue weighted by Gasteiger charge is -2.16. The van der Waals surface area contributed by atoms with Gasteiger partial charge in [0.15, 0.2) is 0 Å². The summed E-state index contributed by atoms with van der Waals surface area (Å²) in [6.45, 7) is 1.67. The summed E-state index contributed by atoms with van der Waals surface area (Å²) in [6.07, 6.45) is -4.81. The number of carbonyl (C=O) groups is 1. The number of carboxylic acid groups (broad SMARTS) is 1. The smallest absolute Gasteiger partial charge is 0.416 e. The van der Waals surface area contributed by atoms with E-state index in [2.05, 4.69) is 4.72 Å². The fraction of sp³-hybridized carbons (Fsp3) is 0.0952. The molecule has 3 aromatic carbocycles. The molecule has 0 aliphatic rings. The summed E-state index contributed by atoms with van der Waals surface area (Å²) in [5, 5.41) is 9.08. The van der Waals surface area contributed by atoms with E-state index in [1.54, 1.807) is 37.3 Å². The molecule has 31 heavy (non-hydrogen) atoms. The minimum absolute atomic E-state index is 0.287. The van der Waals surface area contributed by atoms with Crippen LogP contribution in [0.3, 0.4) is 0 Å². The lowest BCUT2D eigenvalue weighted by atomic mass is 9.97. The van der Waals surface area contributed by atoms with E-state index < -0.39 is 37.7 Å². The molecule has 0 atom stereocenters. The van der Waals surface area contributed by atoms with Crippen molar-refractivity contribution in [3.05, 3.63) is 82.4 Å². The van der Waals surface area contributed by atoms with Gasteiger partial charge in [0.2, 0.25) is 0 Å². The average Bonchev–Trinajstić information content (AvgIpc) is 2.68. The van der Waals surface area contributed by atoms with Crippen LogP contribution in [0.15, 0.2) is 65.6 Å². The van der Waals surface area contributed by atoms with Gasteiger partial charge in [-0.15, -0.1) is 0 Å². The Morgan fingerprint density at radius 2 is 1.68 bits per heavy atom. The minimum atomic E-state index is -4.81. The second-order valence-electron chi connectivity index (χ2n) is 6.66. The highest BCUT2D eigenvalue weighted by Gasteiger charge is 2.33. The molecule has 0 fully saturated rings. The van der Waals surface area contributed by atoms with Crippen molar-refractivity contribution in [1.29, 1.82) is 0 Å². The van der Waals surface area contributed by atoms with E-state index in [-0.39, 0.29) is 11.3 Å². The number of halogens is 4. The summed E-state index contributed by atoms with van der Waals surface area (Å²) in [6, 6.07) is 13.3. The maximum atomic E-state index is 13.1. The molecule has 0 amide bonds. The first kappa shape index (κ1) is 22.6. The summed E-state index contributed by atoms with van der Waals surface area (Å²) in [5.74, 6) is -1.40. The van der Waals surface area contributed by atoms with Gasteiger partial charge in [0.05, 0.1) is 21.7 Å². The number of hydrogen-bond donors (Lipinski definition) is 2. The second-order valence-corrected chi connectivity index (χ2v) is 8.78. The van der Waals surface area contributed by atoms with Crippen LogP contribution < -0.4 is 4.72 Å². The van der Waals surface area contributed by atoms with Gasteiger partial charge in [-0.2, -0.15) is 13.2 Å². The van der Waals surface area contributed by atoms with Crippen LogP contribution in [-0.2, 0) is 16.2 Å². The van der Waals surface area contributed by atoms with Gasteiger partial charge in [-0.1, -0.05) is 41.9 Å². The molecule has 162 valence electrons. The van der Waals surface area contributed by atoms with Gasteiger partial charge in [-0.25, -0.2) is 13.2 Å². The number of aromatic carboxylic acids is 1. The van der Waals surface area contributed by atoms with Gasteiger partial charge in [-0.05, 0) is 53.9 Å². The van der Waals surface area contributed by atoms with Crippen molar-refractivity contribution in [3.8, 4) is 11.1 Å². The molecular weight excluding hydrogens is 455 g/mol. The number of rotatable bonds is 5. The van der Waals surface area contributed by atoms with Gasteiger partial charge >= 0.3 is 12.1 Å². The number of hydrogen-bond acceptors (Lipinski definition) is 3. The van der Waals surface area contributed by atoms with Crippen LogP contribution in [0.25, 0.3) is 11.1 Å². The van der Waals surface area contributed by atoms with Crippen molar-refractivity contribution in [2.45, 2.75) is 18.0 Å². The Morgan fingerprint density at radius 3 is 2.26 bits per heavy atom. The van der Waals surface area contributed by atoms with Crippen LogP contribution in [0, 0.1) is 6.92 Å². The second kappa shape index (κ2) is 8.24. The molecule has 3 rings (SSSR count). The highest BCUT2D eigenvalue weighted by Crippen LogP contribution is 2.35. The number of anilines is 1. The Hall–Kier alpha value is -3.04. The highest BCUT2D eigenvalue weighted by molar-refractivity contribution is 7.92. The first-order valence-corrected chi connectivity index (χ1v) is 10.6. The molecule has 2 N–H and O–H groups in total. The molecule has 0 aliphatic carbocycles. The standard InChI is InChI=1S/C21H15ClF3NO4S/c1-12-7-18(20(27)28)19(11-17(12)13-5-3-2-4-6-13)26-31(29,30)16-9-14(21(23,24)25)8-15(22)10-16/h2-11,26H,1H3,(H,27,28). The van der Waals surface area contributed by atoms with Gasteiger partial charge in [0, 0.05) is 5.02 Å². The van der Waals surface area contributed by atoms with Crippen LogP contribution in [-0.4, -0.2) is 19.5 Å². The van der Waals surface area contributed by atoms with Gasteiger partial charge < -0.3 is 5.11 Å². The molecular formula is C21H15ClF3NO4S. The van der Waals surface area contributed by atoms with Crippen LogP contribution in [0.1, 0.15) is 21.5 Å². The predicted molar refractivity (Wildman–Crippen MR) is 111 cm³/mol. The van der Waals surface area contributed by atoms with Crippen molar-refractivity contribution >= 4 is 33.3 Å². The number of alkyl halides is 3. The largest absolute Gasteiger partial charge is 0.478 e. The zero-order chi connectivity index (χ0) is 23.0. The normalized spacial score (nSPS) is 11.9. The zero-order valence-electron chi connectivity index (χ0n) is 15.9. The predicted octanol–water partition coefficient (Wildman–Crippen LogP) is 5.83. The third kappa shape index (κ3) is 5.00. The Labute approximate surface area is 181 Å². The quantitative estimate of drug-likeness (QED) is 0.492. The number of nitrogens with one attached hydrogen (secondary N) is 1. The molecule has 10 heteroatoms. The number of aryl methyl sites for hydroxylation is 1. The van der Waals surface area contributed by atoms with Crippen LogP contribution in [0.4, 0.5) is 18.9 Å². The molecule has 0 radical (unpaired) electrons. The van der Waals surface area contributed by atoms with Crippen molar-refractivity contribution in [1.82, 2.24) is 0 Å². The maximum Gasteiger partial charge on any atom is 0.416 e. The Kier molecular flexibility index (Phi) is 6.02. The van der Waals surface area contributed by atoms with E-state index >= 15 is 0 Å². The number of benzene rings is 3. The number of carboxylic acids is 1. The van der Waals surface area contributed by atoms with Crippen molar-refractivity contribution in [2.24, 2.45) is 0 Å². The highest BCUT2D eigenvalue weighted by atomic mass is 35.5. The summed E-state index contributed by atoms with van der Waals surface area (Å²) in [5.41, 5.74) is -0.0319. The van der Waals surface area contributed by atoms with Crippen LogP contribution >= 0.6 is 11.6 Å². The summed E-state index contributed by atoms with van der Waals surface area (Å²) in [7, 11) is -4.58. The molecule has 5 nitrogen and oxygen atoms in total. The van der Waals surface area contributed by atoms with Crippen LogP contribution in [0.5, 0.6) is 0 Å². The maximum absolute atomic E-state index is 13.1. The lowest BCUT2D eigenvalue weighted by molar-refractivity contribution is -0.137. The van der Waals surface area contributed by atoms with Crippen molar-refractivity contribution in [2.75, 3.05) is 4.72 Å². The lowest BCUT2D eigenvalue weighted by Crippen LogP contribution is -2.17. The summed E-state index contributed by atoms with van der Waals surface area (Å²) in [4.78, 5) is 10.9.